The first kappa shape index (κ1) is 14.3. The highest BCUT2D eigenvalue weighted by Gasteiger charge is 2.13. The van der Waals surface area contributed by atoms with Crippen molar-refractivity contribution in [1.82, 2.24) is 5.32 Å². The standard InChI is InChI=1S/C11H14BrF2NO2/c1-2-15-5-8(16)6-17-11-9(12)3-7(13)4-10(11)14/h3-4,8,15-16H,2,5-6H2,1H3. The lowest BCUT2D eigenvalue weighted by atomic mass is 10.3. The third kappa shape index (κ3) is 4.57. The topological polar surface area (TPSA) is 41.5 Å². The van der Waals surface area contributed by atoms with Crippen LogP contribution in [-0.4, -0.2) is 30.9 Å². The highest BCUT2D eigenvalue weighted by Crippen LogP contribution is 2.29. The molecule has 0 radical (unpaired) electrons. The summed E-state index contributed by atoms with van der Waals surface area (Å²) in [4.78, 5) is 0. The first-order valence-electron chi connectivity index (χ1n) is 5.20. The predicted octanol–water partition coefficient (Wildman–Crippen LogP) is 2.08. The lowest BCUT2D eigenvalue weighted by molar-refractivity contribution is 0.104. The Balaban J connectivity index is 2.57. The second-order valence-electron chi connectivity index (χ2n) is 3.47. The van der Waals surface area contributed by atoms with Crippen molar-refractivity contribution in [2.45, 2.75) is 13.0 Å². The molecule has 96 valence electrons. The normalized spacial score (nSPS) is 12.5. The summed E-state index contributed by atoms with van der Waals surface area (Å²) in [5.41, 5.74) is 0. The minimum Gasteiger partial charge on any atom is -0.487 e. The molecule has 17 heavy (non-hydrogen) atoms. The largest absolute Gasteiger partial charge is 0.487 e. The van der Waals surface area contributed by atoms with E-state index < -0.39 is 17.7 Å². The molecule has 0 saturated carbocycles. The van der Waals surface area contributed by atoms with Gasteiger partial charge in [-0.2, -0.15) is 0 Å². The summed E-state index contributed by atoms with van der Waals surface area (Å²) in [7, 11) is 0. The molecule has 1 aromatic carbocycles. The molecule has 3 nitrogen and oxygen atoms in total. The van der Waals surface area contributed by atoms with Crippen LogP contribution in [-0.2, 0) is 0 Å². The Bertz CT molecular complexity index is 353. The second kappa shape index (κ2) is 6.88. The van der Waals surface area contributed by atoms with E-state index in [2.05, 4.69) is 21.2 Å². The number of hydrogen-bond donors (Lipinski definition) is 2. The fraction of sp³-hybridized carbons (Fsp3) is 0.455. The van der Waals surface area contributed by atoms with Gasteiger partial charge in [-0.3, -0.25) is 0 Å². The number of ether oxygens (including phenoxy) is 1. The van der Waals surface area contributed by atoms with Crippen LogP contribution in [0.3, 0.4) is 0 Å². The van der Waals surface area contributed by atoms with Gasteiger partial charge in [0, 0.05) is 12.6 Å². The van der Waals surface area contributed by atoms with Gasteiger partial charge < -0.3 is 15.2 Å². The molecule has 1 aromatic rings. The average Bonchev–Trinajstić information content (AvgIpc) is 2.24. The van der Waals surface area contributed by atoms with Gasteiger partial charge >= 0.3 is 0 Å². The summed E-state index contributed by atoms with van der Waals surface area (Å²) in [6.07, 6.45) is -0.744. The van der Waals surface area contributed by atoms with E-state index in [1.54, 1.807) is 0 Å². The molecule has 1 unspecified atom stereocenters. The molecular formula is C11H14BrF2NO2. The molecule has 0 saturated heterocycles. The van der Waals surface area contributed by atoms with Gasteiger partial charge in [0.05, 0.1) is 4.47 Å². The quantitative estimate of drug-likeness (QED) is 0.845. The third-order valence-electron chi connectivity index (χ3n) is 2.01. The number of nitrogens with one attached hydrogen (secondary N) is 1. The fourth-order valence-electron chi connectivity index (χ4n) is 1.22. The smallest absolute Gasteiger partial charge is 0.169 e. The maximum atomic E-state index is 13.3. The van der Waals surface area contributed by atoms with Gasteiger partial charge in [0.1, 0.15) is 18.5 Å². The fourth-order valence-corrected chi connectivity index (χ4v) is 1.74. The Morgan fingerprint density at radius 2 is 2.18 bits per heavy atom. The van der Waals surface area contributed by atoms with Crippen molar-refractivity contribution >= 4 is 15.9 Å². The van der Waals surface area contributed by atoms with E-state index in [1.807, 2.05) is 6.92 Å². The van der Waals surface area contributed by atoms with E-state index in [0.29, 0.717) is 6.54 Å². The van der Waals surface area contributed by atoms with Gasteiger partial charge in [0.15, 0.2) is 11.6 Å². The number of aliphatic hydroxyl groups is 1. The second-order valence-corrected chi connectivity index (χ2v) is 4.33. The maximum absolute atomic E-state index is 13.3. The lowest BCUT2D eigenvalue weighted by Crippen LogP contribution is -2.31. The lowest BCUT2D eigenvalue weighted by Gasteiger charge is -2.14. The number of likely N-dealkylation sites (N-methyl/N-ethyl adjacent to an activating group) is 1. The summed E-state index contributed by atoms with van der Waals surface area (Å²) in [5, 5.41) is 12.4. The zero-order valence-electron chi connectivity index (χ0n) is 9.34. The summed E-state index contributed by atoms with van der Waals surface area (Å²) in [5.74, 6) is -1.58. The number of benzene rings is 1. The number of aliphatic hydroxyl groups excluding tert-OH is 1. The van der Waals surface area contributed by atoms with E-state index in [9.17, 15) is 13.9 Å². The van der Waals surface area contributed by atoms with Crippen molar-refractivity contribution in [3.05, 3.63) is 28.2 Å². The van der Waals surface area contributed by atoms with Crippen LogP contribution >= 0.6 is 15.9 Å². The van der Waals surface area contributed by atoms with Gasteiger partial charge in [0.2, 0.25) is 0 Å². The van der Waals surface area contributed by atoms with E-state index in [-0.39, 0.29) is 16.8 Å². The SMILES string of the molecule is CCNCC(O)COc1c(F)cc(F)cc1Br. The number of rotatable bonds is 6. The van der Waals surface area contributed by atoms with Crippen molar-refractivity contribution in [1.29, 1.82) is 0 Å². The Morgan fingerprint density at radius 1 is 1.47 bits per heavy atom. The van der Waals surface area contributed by atoms with Crippen LogP contribution < -0.4 is 10.1 Å². The molecule has 6 heteroatoms. The van der Waals surface area contributed by atoms with E-state index in [1.165, 1.54) is 0 Å². The van der Waals surface area contributed by atoms with Crippen LogP contribution in [0.15, 0.2) is 16.6 Å². The molecule has 0 aliphatic carbocycles. The monoisotopic (exact) mass is 309 g/mol. The molecule has 1 atom stereocenters. The van der Waals surface area contributed by atoms with E-state index in [0.717, 1.165) is 18.7 Å². The van der Waals surface area contributed by atoms with Gasteiger partial charge in [-0.25, -0.2) is 8.78 Å². The third-order valence-corrected chi connectivity index (χ3v) is 2.60. The molecule has 2 N–H and O–H groups in total. The molecule has 0 aliphatic heterocycles. The van der Waals surface area contributed by atoms with E-state index >= 15 is 0 Å². The Kier molecular flexibility index (Phi) is 5.80. The molecule has 0 bridgehead atoms. The first-order valence-corrected chi connectivity index (χ1v) is 6.00. The molecule has 0 aromatic heterocycles. The molecular weight excluding hydrogens is 296 g/mol. The first-order chi connectivity index (χ1) is 8.04. The zero-order chi connectivity index (χ0) is 12.8. The minimum absolute atomic E-state index is 0.0614. The van der Waals surface area contributed by atoms with Crippen molar-refractivity contribution in [3.63, 3.8) is 0 Å². The average molecular weight is 310 g/mol. The van der Waals surface area contributed by atoms with Gasteiger partial charge in [-0.15, -0.1) is 0 Å². The van der Waals surface area contributed by atoms with Crippen molar-refractivity contribution < 1.29 is 18.6 Å². The van der Waals surface area contributed by atoms with E-state index in [4.69, 9.17) is 4.74 Å². The van der Waals surface area contributed by atoms with Gasteiger partial charge in [-0.05, 0) is 28.5 Å². The molecule has 0 aliphatic rings. The van der Waals surface area contributed by atoms with Crippen LogP contribution in [0.4, 0.5) is 8.78 Å². The summed E-state index contributed by atoms with van der Waals surface area (Å²) in [6, 6.07) is 1.84. The van der Waals surface area contributed by atoms with Gasteiger partial charge in [-0.1, -0.05) is 6.92 Å². The summed E-state index contributed by atoms with van der Waals surface area (Å²) in [6.45, 7) is 2.93. The Labute approximate surface area is 107 Å². The number of halogens is 3. The van der Waals surface area contributed by atoms with Crippen LogP contribution in [0.25, 0.3) is 0 Å². The summed E-state index contributed by atoms with van der Waals surface area (Å²) >= 11 is 3.00. The molecule has 1 rings (SSSR count). The number of hydrogen-bond acceptors (Lipinski definition) is 3. The summed E-state index contributed by atoms with van der Waals surface area (Å²) < 4.78 is 31.4. The molecule has 0 fully saturated rings. The predicted molar refractivity (Wildman–Crippen MR) is 64.1 cm³/mol. The van der Waals surface area contributed by atoms with Crippen LogP contribution in [0.5, 0.6) is 5.75 Å². The molecule has 0 amide bonds. The van der Waals surface area contributed by atoms with Crippen LogP contribution in [0, 0.1) is 11.6 Å². The van der Waals surface area contributed by atoms with Crippen molar-refractivity contribution in [2.75, 3.05) is 19.7 Å². The molecule has 0 heterocycles. The van der Waals surface area contributed by atoms with Crippen molar-refractivity contribution in [2.24, 2.45) is 0 Å². The van der Waals surface area contributed by atoms with Crippen LogP contribution in [0.1, 0.15) is 6.92 Å². The zero-order valence-corrected chi connectivity index (χ0v) is 10.9. The highest BCUT2D eigenvalue weighted by molar-refractivity contribution is 9.10. The molecule has 0 spiro atoms. The Morgan fingerprint density at radius 3 is 2.76 bits per heavy atom. The van der Waals surface area contributed by atoms with Crippen LogP contribution in [0.2, 0.25) is 0 Å². The minimum atomic E-state index is -0.799. The Hall–Kier alpha value is -0.720. The maximum Gasteiger partial charge on any atom is 0.169 e. The van der Waals surface area contributed by atoms with Gasteiger partial charge in [0.25, 0.3) is 0 Å². The highest BCUT2D eigenvalue weighted by atomic mass is 79.9. The van der Waals surface area contributed by atoms with Crippen molar-refractivity contribution in [3.8, 4) is 5.75 Å².